The van der Waals surface area contributed by atoms with Crippen molar-refractivity contribution in [2.75, 3.05) is 31.9 Å². The van der Waals surface area contributed by atoms with Crippen LogP contribution in [0.4, 0.5) is 0 Å². The molecule has 8 heteroatoms. The van der Waals surface area contributed by atoms with Crippen molar-refractivity contribution in [1.29, 1.82) is 0 Å². The van der Waals surface area contributed by atoms with E-state index in [1.165, 1.54) is 5.56 Å². The van der Waals surface area contributed by atoms with Crippen LogP contribution in [0.25, 0.3) is 0 Å². The van der Waals surface area contributed by atoms with Crippen molar-refractivity contribution >= 4 is 40.7 Å². The maximum atomic E-state index is 12.4. The second kappa shape index (κ2) is 11.5. The molecule has 2 aromatic rings. The summed E-state index contributed by atoms with van der Waals surface area (Å²) in [6, 6.07) is 9.61. The molecule has 0 bridgehead atoms. The number of likely N-dealkylation sites (tertiary alicyclic amines) is 1. The Balaban J connectivity index is 0.00000280. The van der Waals surface area contributed by atoms with Crippen LogP contribution in [0.1, 0.15) is 18.9 Å². The number of nitrogens with zero attached hydrogens (tertiary/aromatic N) is 4. The lowest BCUT2D eigenvalue weighted by Crippen LogP contribution is -2.40. The van der Waals surface area contributed by atoms with Crippen LogP contribution in [-0.2, 0) is 24.3 Å². The van der Waals surface area contributed by atoms with Gasteiger partial charge in [0.15, 0.2) is 5.96 Å². The summed E-state index contributed by atoms with van der Waals surface area (Å²) >= 11 is 0. The predicted octanol–water partition coefficient (Wildman–Crippen LogP) is 2.68. The van der Waals surface area contributed by atoms with Gasteiger partial charge in [-0.2, -0.15) is 5.10 Å². The van der Waals surface area contributed by atoms with Crippen LogP contribution in [-0.4, -0.2) is 56.8 Å². The van der Waals surface area contributed by atoms with E-state index in [2.05, 4.69) is 28.4 Å². The van der Waals surface area contributed by atoms with Crippen molar-refractivity contribution in [1.82, 2.24) is 20.0 Å². The number of guanidine groups is 1. The molecule has 1 N–H and O–H groups in total. The molecule has 3 rings (SSSR count). The fraction of sp³-hybridized carbons (Fsp3) is 0.500. The Kier molecular flexibility index (Phi) is 9.43. The number of aliphatic imine (C=N–C) groups is 1. The van der Waals surface area contributed by atoms with E-state index in [1.54, 1.807) is 0 Å². The van der Waals surface area contributed by atoms with E-state index in [-0.39, 0.29) is 24.0 Å². The number of benzene rings is 1. The molecule has 2 heterocycles. The minimum atomic E-state index is -0.999. The summed E-state index contributed by atoms with van der Waals surface area (Å²) in [5.41, 5.74) is 1.30. The molecule has 1 aliphatic rings. The molecule has 0 amide bonds. The van der Waals surface area contributed by atoms with Crippen LogP contribution in [0, 0.1) is 5.92 Å². The van der Waals surface area contributed by atoms with Gasteiger partial charge in [0.25, 0.3) is 0 Å². The molecule has 1 fully saturated rings. The molecule has 2 unspecified atom stereocenters. The average molecular weight is 515 g/mol. The zero-order chi connectivity index (χ0) is 19.1. The molecule has 0 saturated carbocycles. The molecule has 154 valence electrons. The van der Waals surface area contributed by atoms with E-state index in [0.29, 0.717) is 18.2 Å². The Bertz CT molecular complexity index is 780. The molecule has 1 aromatic heterocycles. The molecule has 6 nitrogen and oxygen atoms in total. The van der Waals surface area contributed by atoms with Crippen LogP contribution >= 0.6 is 24.0 Å². The number of hydrogen-bond donors (Lipinski definition) is 1. The highest BCUT2D eigenvalue weighted by Gasteiger charge is 2.25. The summed E-state index contributed by atoms with van der Waals surface area (Å²) in [5.74, 6) is 2.11. The Morgan fingerprint density at radius 3 is 2.82 bits per heavy atom. The zero-order valence-corrected chi connectivity index (χ0v) is 19.7. The lowest BCUT2D eigenvalue weighted by atomic mass is 10.0. The van der Waals surface area contributed by atoms with Gasteiger partial charge in [-0.3, -0.25) is 13.9 Å². The molecular weight excluding hydrogens is 485 g/mol. The quantitative estimate of drug-likeness (QED) is 0.350. The predicted molar refractivity (Wildman–Crippen MR) is 126 cm³/mol. The van der Waals surface area contributed by atoms with Crippen molar-refractivity contribution in [3.63, 3.8) is 0 Å². The number of halogens is 1. The fourth-order valence-corrected chi connectivity index (χ4v) is 4.41. The van der Waals surface area contributed by atoms with Crippen LogP contribution < -0.4 is 5.32 Å². The van der Waals surface area contributed by atoms with Crippen LogP contribution in [0.2, 0.25) is 0 Å². The Morgan fingerprint density at radius 2 is 2.14 bits per heavy atom. The van der Waals surface area contributed by atoms with Gasteiger partial charge in [-0.05, 0) is 43.4 Å². The van der Waals surface area contributed by atoms with Crippen molar-refractivity contribution in [3.8, 4) is 0 Å². The minimum Gasteiger partial charge on any atom is -0.357 e. The van der Waals surface area contributed by atoms with E-state index in [4.69, 9.17) is 4.99 Å². The van der Waals surface area contributed by atoms with E-state index in [1.807, 2.05) is 48.3 Å². The number of aromatic nitrogens is 2. The summed E-state index contributed by atoms with van der Waals surface area (Å²) < 4.78 is 14.2. The van der Waals surface area contributed by atoms with E-state index < -0.39 is 10.8 Å². The average Bonchev–Trinajstić information content (AvgIpc) is 3.31. The van der Waals surface area contributed by atoms with Gasteiger partial charge in [-0.15, -0.1) is 24.0 Å². The van der Waals surface area contributed by atoms with Gasteiger partial charge in [0.1, 0.15) is 0 Å². The lowest BCUT2D eigenvalue weighted by molar-refractivity contribution is 0.460. The van der Waals surface area contributed by atoms with Crippen LogP contribution in [0.15, 0.2) is 52.6 Å². The molecule has 0 radical (unpaired) electrons. The summed E-state index contributed by atoms with van der Waals surface area (Å²) in [6.07, 6.45) is 6.28. The maximum Gasteiger partial charge on any atom is 0.193 e. The highest BCUT2D eigenvalue weighted by Crippen LogP contribution is 2.20. The standard InChI is InChI=1S/C20H29N5OS.HI/c1-3-21-20(22-10-12-27(26)19-7-5-4-6-8-19)25-11-9-17(16-25)13-18-14-23-24(2)15-18;/h4-8,14-15,17H,3,9-13,16H2,1-2H3,(H,21,22);1H. The molecule has 0 spiro atoms. The lowest BCUT2D eigenvalue weighted by Gasteiger charge is -2.21. The van der Waals surface area contributed by atoms with Gasteiger partial charge < -0.3 is 10.2 Å². The largest absolute Gasteiger partial charge is 0.357 e. The monoisotopic (exact) mass is 515 g/mol. The first-order chi connectivity index (χ1) is 13.2. The van der Waals surface area contributed by atoms with Crippen LogP contribution in [0.3, 0.4) is 0 Å². The van der Waals surface area contributed by atoms with Gasteiger partial charge in [0.05, 0.1) is 23.5 Å². The van der Waals surface area contributed by atoms with Gasteiger partial charge in [-0.1, -0.05) is 18.2 Å². The molecule has 1 saturated heterocycles. The third kappa shape index (κ3) is 6.58. The van der Waals surface area contributed by atoms with E-state index in [0.717, 1.165) is 43.3 Å². The topological polar surface area (TPSA) is 62.5 Å². The van der Waals surface area contributed by atoms with Gasteiger partial charge in [0.2, 0.25) is 0 Å². The second-order valence-corrected chi connectivity index (χ2v) is 8.50. The smallest absolute Gasteiger partial charge is 0.193 e. The molecule has 1 aromatic carbocycles. The van der Waals surface area contributed by atoms with E-state index in [9.17, 15) is 4.21 Å². The second-order valence-electron chi connectivity index (χ2n) is 6.93. The van der Waals surface area contributed by atoms with Crippen molar-refractivity contribution in [2.24, 2.45) is 18.0 Å². The summed E-state index contributed by atoms with van der Waals surface area (Å²) in [7, 11) is 0.959. The number of rotatable bonds is 7. The Hall–Kier alpha value is -1.42. The van der Waals surface area contributed by atoms with Crippen molar-refractivity contribution in [3.05, 3.63) is 48.3 Å². The minimum absolute atomic E-state index is 0. The first-order valence-corrected chi connectivity index (χ1v) is 10.9. The third-order valence-corrected chi connectivity index (χ3v) is 6.10. The van der Waals surface area contributed by atoms with Crippen molar-refractivity contribution in [2.45, 2.75) is 24.7 Å². The van der Waals surface area contributed by atoms with Gasteiger partial charge in [0, 0.05) is 43.5 Å². The normalized spacial score (nSPS) is 18.0. The number of nitrogens with one attached hydrogen (secondary N) is 1. The molecule has 28 heavy (non-hydrogen) atoms. The van der Waals surface area contributed by atoms with Gasteiger partial charge >= 0.3 is 0 Å². The molecule has 1 aliphatic heterocycles. The Labute approximate surface area is 187 Å². The summed E-state index contributed by atoms with van der Waals surface area (Å²) in [5, 5.41) is 7.65. The fourth-order valence-electron chi connectivity index (χ4n) is 3.45. The number of aryl methyl sites for hydroxylation is 1. The Morgan fingerprint density at radius 1 is 1.36 bits per heavy atom. The maximum absolute atomic E-state index is 12.4. The molecule has 2 atom stereocenters. The SMILES string of the molecule is CCNC(=NCCS(=O)c1ccccc1)N1CCC(Cc2cnn(C)c2)C1.I. The van der Waals surface area contributed by atoms with Crippen molar-refractivity contribution < 1.29 is 4.21 Å². The first-order valence-electron chi connectivity index (χ1n) is 9.60. The molecular formula is C20H30IN5OS. The van der Waals surface area contributed by atoms with Gasteiger partial charge in [-0.25, -0.2) is 0 Å². The molecule has 0 aliphatic carbocycles. The summed E-state index contributed by atoms with van der Waals surface area (Å²) in [6.45, 7) is 5.50. The third-order valence-electron chi connectivity index (χ3n) is 4.75. The highest BCUT2D eigenvalue weighted by atomic mass is 127. The number of hydrogen-bond acceptors (Lipinski definition) is 3. The zero-order valence-electron chi connectivity index (χ0n) is 16.6. The highest BCUT2D eigenvalue weighted by molar-refractivity contribution is 14.0. The van der Waals surface area contributed by atoms with Crippen LogP contribution in [0.5, 0.6) is 0 Å². The first kappa shape index (κ1) is 22.9. The van der Waals surface area contributed by atoms with E-state index >= 15 is 0 Å². The summed E-state index contributed by atoms with van der Waals surface area (Å²) in [4.78, 5) is 7.93.